The first-order chi connectivity index (χ1) is 8.84. The van der Waals surface area contributed by atoms with Crippen LogP contribution >= 0.6 is 0 Å². The molecule has 3 heteroatoms. The maximum Gasteiger partial charge on any atom is 0.165 e. The van der Waals surface area contributed by atoms with E-state index in [-0.39, 0.29) is 11.4 Å². The lowest BCUT2D eigenvalue weighted by Gasteiger charge is -2.41. The molecule has 19 heavy (non-hydrogen) atoms. The van der Waals surface area contributed by atoms with Crippen LogP contribution in [-0.4, -0.2) is 12.6 Å². The average Bonchev–Trinajstić information content (AvgIpc) is 2.34. The molecular weight excluding hydrogens is 241 g/mol. The summed E-state index contributed by atoms with van der Waals surface area (Å²) in [5.41, 5.74) is 7.65. The van der Waals surface area contributed by atoms with Gasteiger partial charge in [-0.25, -0.2) is 4.39 Å². The highest BCUT2D eigenvalue weighted by Gasteiger charge is 2.35. The first-order valence-electron chi connectivity index (χ1n) is 6.95. The van der Waals surface area contributed by atoms with Gasteiger partial charge in [0.25, 0.3) is 0 Å². The predicted octanol–water partition coefficient (Wildman–Crippen LogP) is 3.67. The van der Waals surface area contributed by atoms with Crippen molar-refractivity contribution >= 4 is 0 Å². The number of benzene rings is 1. The molecule has 0 amide bonds. The Hall–Kier alpha value is -1.09. The third-order valence-corrected chi connectivity index (χ3v) is 4.37. The second kappa shape index (κ2) is 5.12. The molecule has 0 atom stereocenters. The van der Waals surface area contributed by atoms with Crippen molar-refractivity contribution in [2.45, 2.75) is 51.5 Å². The van der Waals surface area contributed by atoms with Gasteiger partial charge in [0.2, 0.25) is 0 Å². The number of methoxy groups -OCH3 is 1. The van der Waals surface area contributed by atoms with Crippen LogP contribution in [0.25, 0.3) is 0 Å². The lowest BCUT2D eigenvalue weighted by atomic mass is 9.68. The van der Waals surface area contributed by atoms with Crippen LogP contribution < -0.4 is 10.5 Å². The van der Waals surface area contributed by atoms with E-state index in [1.54, 1.807) is 12.1 Å². The second-order valence-corrected chi connectivity index (χ2v) is 6.67. The van der Waals surface area contributed by atoms with Gasteiger partial charge in [-0.1, -0.05) is 19.9 Å². The summed E-state index contributed by atoms with van der Waals surface area (Å²) in [5, 5.41) is 0. The molecule has 0 unspecified atom stereocenters. The van der Waals surface area contributed by atoms with Gasteiger partial charge in [-0.3, -0.25) is 0 Å². The molecule has 2 nitrogen and oxygen atoms in total. The van der Waals surface area contributed by atoms with E-state index in [1.165, 1.54) is 7.11 Å². The SMILES string of the molecule is COc1ccc(CC2(N)CCC(C)(C)CC2)cc1F. The van der Waals surface area contributed by atoms with Gasteiger partial charge < -0.3 is 10.5 Å². The highest BCUT2D eigenvalue weighted by Crippen LogP contribution is 2.40. The van der Waals surface area contributed by atoms with Crippen LogP contribution in [0, 0.1) is 11.2 Å². The zero-order valence-electron chi connectivity index (χ0n) is 12.1. The minimum absolute atomic E-state index is 0.184. The molecule has 1 saturated carbocycles. The minimum Gasteiger partial charge on any atom is -0.494 e. The van der Waals surface area contributed by atoms with E-state index in [2.05, 4.69) is 13.8 Å². The second-order valence-electron chi connectivity index (χ2n) is 6.67. The van der Waals surface area contributed by atoms with E-state index < -0.39 is 0 Å². The van der Waals surface area contributed by atoms with Gasteiger partial charge in [-0.05, 0) is 55.2 Å². The maximum atomic E-state index is 13.7. The first kappa shape index (κ1) is 14.3. The fourth-order valence-electron chi connectivity index (χ4n) is 2.83. The van der Waals surface area contributed by atoms with Crippen molar-refractivity contribution in [3.63, 3.8) is 0 Å². The average molecular weight is 265 g/mol. The normalized spacial score (nSPS) is 21.1. The maximum absolute atomic E-state index is 13.7. The molecule has 0 bridgehead atoms. The van der Waals surface area contributed by atoms with Crippen LogP contribution in [0.1, 0.15) is 45.1 Å². The standard InChI is InChI=1S/C16H24FNO/c1-15(2)6-8-16(18,9-7-15)11-12-4-5-14(19-3)13(17)10-12/h4-5,10H,6-9,11,18H2,1-3H3. The molecule has 106 valence electrons. The Morgan fingerprint density at radius 2 is 1.84 bits per heavy atom. The summed E-state index contributed by atoms with van der Waals surface area (Å²) >= 11 is 0. The molecule has 1 fully saturated rings. The molecule has 0 saturated heterocycles. The molecule has 1 aliphatic carbocycles. The molecule has 0 heterocycles. The Morgan fingerprint density at radius 3 is 2.37 bits per heavy atom. The molecule has 0 aromatic heterocycles. The van der Waals surface area contributed by atoms with Crippen molar-refractivity contribution in [2.75, 3.05) is 7.11 Å². The Balaban J connectivity index is 2.07. The summed E-state index contributed by atoms with van der Waals surface area (Å²) in [6, 6.07) is 5.14. The molecule has 0 aliphatic heterocycles. The van der Waals surface area contributed by atoms with Gasteiger partial charge >= 0.3 is 0 Å². The fourth-order valence-corrected chi connectivity index (χ4v) is 2.83. The zero-order valence-corrected chi connectivity index (χ0v) is 12.1. The third kappa shape index (κ3) is 3.47. The van der Waals surface area contributed by atoms with Crippen molar-refractivity contribution < 1.29 is 9.13 Å². The number of rotatable bonds is 3. The largest absolute Gasteiger partial charge is 0.494 e. The van der Waals surface area contributed by atoms with Gasteiger partial charge in [0, 0.05) is 5.54 Å². The zero-order chi connectivity index (χ0) is 14.1. The van der Waals surface area contributed by atoms with Crippen LogP contribution in [0.15, 0.2) is 18.2 Å². The van der Waals surface area contributed by atoms with Gasteiger partial charge in [-0.2, -0.15) is 0 Å². The lowest BCUT2D eigenvalue weighted by molar-refractivity contribution is 0.164. The Labute approximate surface area is 115 Å². The number of hydrogen-bond acceptors (Lipinski definition) is 2. The van der Waals surface area contributed by atoms with Crippen molar-refractivity contribution in [1.82, 2.24) is 0 Å². The molecule has 0 spiro atoms. The quantitative estimate of drug-likeness (QED) is 0.905. The highest BCUT2D eigenvalue weighted by atomic mass is 19.1. The topological polar surface area (TPSA) is 35.2 Å². The summed E-state index contributed by atoms with van der Waals surface area (Å²) < 4.78 is 18.6. The molecule has 1 aliphatic rings. The van der Waals surface area contributed by atoms with Crippen molar-refractivity contribution in [2.24, 2.45) is 11.1 Å². The Morgan fingerprint density at radius 1 is 1.21 bits per heavy atom. The van der Waals surface area contributed by atoms with Gasteiger partial charge in [0.1, 0.15) is 0 Å². The van der Waals surface area contributed by atoms with Crippen molar-refractivity contribution in [3.05, 3.63) is 29.6 Å². The number of ether oxygens (including phenoxy) is 1. The van der Waals surface area contributed by atoms with E-state index in [4.69, 9.17) is 10.5 Å². The van der Waals surface area contributed by atoms with Crippen LogP contribution in [0.5, 0.6) is 5.75 Å². The van der Waals surface area contributed by atoms with Crippen LogP contribution in [0.4, 0.5) is 4.39 Å². The van der Waals surface area contributed by atoms with Crippen molar-refractivity contribution in [1.29, 1.82) is 0 Å². The summed E-state index contributed by atoms with van der Waals surface area (Å²) in [4.78, 5) is 0. The van der Waals surface area contributed by atoms with Crippen molar-refractivity contribution in [3.8, 4) is 5.75 Å². The molecule has 2 rings (SSSR count). The minimum atomic E-state index is -0.306. The van der Waals surface area contributed by atoms with E-state index in [0.717, 1.165) is 37.7 Å². The summed E-state index contributed by atoms with van der Waals surface area (Å²) in [6.07, 6.45) is 5.04. The third-order valence-electron chi connectivity index (χ3n) is 4.37. The van der Waals surface area contributed by atoms with E-state index in [9.17, 15) is 4.39 Å². The van der Waals surface area contributed by atoms with Gasteiger partial charge in [0.15, 0.2) is 11.6 Å². The van der Waals surface area contributed by atoms with Gasteiger partial charge in [-0.15, -0.1) is 0 Å². The molecule has 1 aromatic rings. The molecule has 1 aromatic carbocycles. The summed E-state index contributed by atoms with van der Waals surface area (Å²) in [6.45, 7) is 4.58. The molecule has 0 radical (unpaired) electrons. The first-order valence-corrected chi connectivity index (χ1v) is 6.95. The van der Waals surface area contributed by atoms with Gasteiger partial charge in [0.05, 0.1) is 7.11 Å². The van der Waals surface area contributed by atoms with E-state index in [1.807, 2.05) is 6.07 Å². The molecule has 2 N–H and O–H groups in total. The fraction of sp³-hybridized carbons (Fsp3) is 0.625. The summed E-state index contributed by atoms with van der Waals surface area (Å²) in [5.74, 6) is -0.0145. The van der Waals surface area contributed by atoms with Crippen LogP contribution in [0.3, 0.4) is 0 Å². The number of hydrogen-bond donors (Lipinski definition) is 1. The monoisotopic (exact) mass is 265 g/mol. The Kier molecular flexibility index (Phi) is 3.86. The van der Waals surface area contributed by atoms with E-state index in [0.29, 0.717) is 11.2 Å². The van der Waals surface area contributed by atoms with E-state index >= 15 is 0 Å². The number of halogens is 1. The van der Waals surface area contributed by atoms with Crippen LogP contribution in [0.2, 0.25) is 0 Å². The highest BCUT2D eigenvalue weighted by molar-refractivity contribution is 5.30. The molecular formula is C16H24FNO. The number of nitrogens with two attached hydrogens (primary N) is 1. The summed E-state index contributed by atoms with van der Waals surface area (Å²) in [7, 11) is 1.48. The smallest absolute Gasteiger partial charge is 0.165 e. The predicted molar refractivity (Wildman–Crippen MR) is 75.8 cm³/mol. The Bertz CT molecular complexity index is 446. The lowest BCUT2D eigenvalue weighted by Crippen LogP contribution is -2.46. The van der Waals surface area contributed by atoms with Crippen LogP contribution in [-0.2, 0) is 6.42 Å².